The normalized spacial score (nSPS) is 14.2. The molecule has 0 N–H and O–H groups in total. The van der Waals surface area contributed by atoms with Gasteiger partial charge in [0.2, 0.25) is 0 Å². The molecule has 1 amide bonds. The molecule has 1 saturated heterocycles. The third-order valence-corrected chi connectivity index (χ3v) is 4.01. The first-order chi connectivity index (χ1) is 11.8. The number of carbonyl (C=O) groups is 1. The van der Waals surface area contributed by atoms with Crippen LogP contribution in [0.1, 0.15) is 21.5 Å². The summed E-state index contributed by atoms with van der Waals surface area (Å²) in [5.41, 5.74) is 2.57. The van der Waals surface area contributed by atoms with Crippen LogP contribution in [0.25, 0.3) is 6.08 Å². The van der Waals surface area contributed by atoms with E-state index in [1.165, 1.54) is 0 Å². The van der Waals surface area contributed by atoms with Gasteiger partial charge >= 0.3 is 0 Å². The highest BCUT2D eigenvalue weighted by molar-refractivity contribution is 5.97. The minimum absolute atomic E-state index is 0.0167. The van der Waals surface area contributed by atoms with E-state index < -0.39 is 0 Å². The smallest absolute Gasteiger partial charge is 0.257 e. The number of nitrogens with zero attached hydrogens (tertiary/aromatic N) is 1. The van der Waals surface area contributed by atoms with E-state index in [0.29, 0.717) is 44.2 Å². The molecule has 3 rings (SSSR count). The Bertz CT molecular complexity index is 706. The number of hydrogen-bond acceptors (Lipinski definition) is 3. The number of amides is 1. The van der Waals surface area contributed by atoms with E-state index >= 15 is 0 Å². The second-order valence-electron chi connectivity index (χ2n) is 5.64. The number of benzene rings is 2. The molecule has 0 atom stereocenters. The number of ether oxygens (including phenoxy) is 2. The van der Waals surface area contributed by atoms with Gasteiger partial charge < -0.3 is 14.4 Å². The van der Waals surface area contributed by atoms with Crippen LogP contribution in [-0.4, -0.2) is 37.1 Å². The quantitative estimate of drug-likeness (QED) is 0.847. The van der Waals surface area contributed by atoms with Gasteiger partial charge in [-0.2, -0.15) is 0 Å². The summed E-state index contributed by atoms with van der Waals surface area (Å²) in [4.78, 5) is 14.6. The standard InChI is InChI=1S/C20H21NO3/c1-2-16-8-9-18(20(22)21-10-12-23-13-11-21)19(14-16)24-15-17-6-4-3-5-7-17/h2-9,14H,1,10-13,15H2. The fraction of sp³-hybridized carbons (Fsp3) is 0.250. The van der Waals surface area contributed by atoms with Gasteiger partial charge in [0.05, 0.1) is 18.8 Å². The van der Waals surface area contributed by atoms with Crippen LogP contribution in [-0.2, 0) is 11.3 Å². The Balaban J connectivity index is 1.82. The van der Waals surface area contributed by atoms with Crippen LogP contribution < -0.4 is 4.74 Å². The molecule has 1 aliphatic rings. The Morgan fingerprint density at radius 1 is 1.17 bits per heavy atom. The van der Waals surface area contributed by atoms with E-state index in [1.807, 2.05) is 53.4 Å². The van der Waals surface area contributed by atoms with Gasteiger partial charge in [-0.3, -0.25) is 4.79 Å². The fourth-order valence-electron chi connectivity index (χ4n) is 2.63. The van der Waals surface area contributed by atoms with Crippen molar-refractivity contribution in [2.75, 3.05) is 26.3 Å². The van der Waals surface area contributed by atoms with Gasteiger partial charge in [0, 0.05) is 13.1 Å². The van der Waals surface area contributed by atoms with Crippen molar-refractivity contribution in [1.82, 2.24) is 4.90 Å². The molecule has 4 nitrogen and oxygen atoms in total. The lowest BCUT2D eigenvalue weighted by Crippen LogP contribution is -2.40. The van der Waals surface area contributed by atoms with E-state index in [2.05, 4.69) is 6.58 Å². The molecule has 124 valence electrons. The molecule has 0 unspecified atom stereocenters. The first-order valence-corrected chi connectivity index (χ1v) is 8.08. The maximum Gasteiger partial charge on any atom is 0.257 e. The summed E-state index contributed by atoms with van der Waals surface area (Å²) >= 11 is 0. The molecule has 0 spiro atoms. The maximum atomic E-state index is 12.8. The van der Waals surface area contributed by atoms with Crippen LogP contribution in [0.15, 0.2) is 55.1 Å². The van der Waals surface area contributed by atoms with Crippen LogP contribution in [0.3, 0.4) is 0 Å². The van der Waals surface area contributed by atoms with Gasteiger partial charge in [-0.25, -0.2) is 0 Å². The maximum absolute atomic E-state index is 12.8. The zero-order valence-electron chi connectivity index (χ0n) is 13.6. The fourth-order valence-corrected chi connectivity index (χ4v) is 2.63. The molecule has 0 aromatic heterocycles. The number of rotatable bonds is 5. The van der Waals surface area contributed by atoms with Crippen molar-refractivity contribution in [1.29, 1.82) is 0 Å². The molecule has 2 aromatic carbocycles. The van der Waals surface area contributed by atoms with Crippen molar-refractivity contribution >= 4 is 12.0 Å². The van der Waals surface area contributed by atoms with Crippen molar-refractivity contribution in [2.24, 2.45) is 0 Å². The van der Waals surface area contributed by atoms with Crippen LogP contribution in [0.5, 0.6) is 5.75 Å². The summed E-state index contributed by atoms with van der Waals surface area (Å²) in [6, 6.07) is 15.5. The predicted molar refractivity (Wildman–Crippen MR) is 94.0 cm³/mol. The van der Waals surface area contributed by atoms with E-state index in [1.54, 1.807) is 6.08 Å². The monoisotopic (exact) mass is 323 g/mol. The Morgan fingerprint density at radius 2 is 1.92 bits per heavy atom. The second kappa shape index (κ2) is 7.79. The Hall–Kier alpha value is -2.59. The highest BCUT2D eigenvalue weighted by atomic mass is 16.5. The third kappa shape index (κ3) is 3.84. The average molecular weight is 323 g/mol. The molecule has 1 heterocycles. The van der Waals surface area contributed by atoms with Crippen molar-refractivity contribution in [3.8, 4) is 5.75 Å². The minimum Gasteiger partial charge on any atom is -0.488 e. The lowest BCUT2D eigenvalue weighted by atomic mass is 10.1. The number of hydrogen-bond donors (Lipinski definition) is 0. The van der Waals surface area contributed by atoms with Crippen LogP contribution in [0.2, 0.25) is 0 Å². The summed E-state index contributed by atoms with van der Waals surface area (Å²) in [6.07, 6.45) is 1.75. The van der Waals surface area contributed by atoms with E-state index in [-0.39, 0.29) is 5.91 Å². The van der Waals surface area contributed by atoms with Crippen molar-refractivity contribution < 1.29 is 14.3 Å². The molecule has 1 aliphatic heterocycles. The van der Waals surface area contributed by atoms with Crippen molar-refractivity contribution in [2.45, 2.75) is 6.61 Å². The highest BCUT2D eigenvalue weighted by Crippen LogP contribution is 2.24. The van der Waals surface area contributed by atoms with Gasteiger partial charge in [0.15, 0.2) is 0 Å². The van der Waals surface area contributed by atoms with Gasteiger partial charge in [-0.05, 0) is 23.3 Å². The SMILES string of the molecule is C=Cc1ccc(C(=O)N2CCOCC2)c(OCc2ccccc2)c1. The summed E-state index contributed by atoms with van der Waals surface area (Å²) in [5.74, 6) is 0.574. The number of morpholine rings is 1. The molecule has 0 radical (unpaired) electrons. The average Bonchev–Trinajstić information content (AvgIpc) is 2.67. The van der Waals surface area contributed by atoms with Crippen LogP contribution >= 0.6 is 0 Å². The largest absolute Gasteiger partial charge is 0.488 e. The van der Waals surface area contributed by atoms with Gasteiger partial charge in [-0.1, -0.05) is 49.1 Å². The molecular formula is C20H21NO3. The molecule has 2 aromatic rings. The minimum atomic E-state index is -0.0167. The summed E-state index contributed by atoms with van der Waals surface area (Å²) in [6.45, 7) is 6.59. The zero-order chi connectivity index (χ0) is 16.8. The molecule has 24 heavy (non-hydrogen) atoms. The second-order valence-corrected chi connectivity index (χ2v) is 5.64. The summed E-state index contributed by atoms with van der Waals surface area (Å²) in [7, 11) is 0. The van der Waals surface area contributed by atoms with Crippen molar-refractivity contribution in [3.63, 3.8) is 0 Å². The van der Waals surface area contributed by atoms with Gasteiger partial charge in [0.25, 0.3) is 5.91 Å². The van der Waals surface area contributed by atoms with Gasteiger partial charge in [0.1, 0.15) is 12.4 Å². The first kappa shape index (κ1) is 16.3. The molecule has 0 aliphatic carbocycles. The lowest BCUT2D eigenvalue weighted by Gasteiger charge is -2.27. The summed E-state index contributed by atoms with van der Waals surface area (Å²) in [5, 5.41) is 0. The Morgan fingerprint density at radius 3 is 2.62 bits per heavy atom. The molecular weight excluding hydrogens is 302 g/mol. The van der Waals surface area contributed by atoms with Crippen LogP contribution in [0.4, 0.5) is 0 Å². The van der Waals surface area contributed by atoms with E-state index in [4.69, 9.17) is 9.47 Å². The Labute approximate surface area is 142 Å². The van der Waals surface area contributed by atoms with Gasteiger partial charge in [-0.15, -0.1) is 0 Å². The molecule has 0 bridgehead atoms. The van der Waals surface area contributed by atoms with Crippen molar-refractivity contribution in [3.05, 3.63) is 71.8 Å². The van der Waals surface area contributed by atoms with E-state index in [9.17, 15) is 4.79 Å². The lowest BCUT2D eigenvalue weighted by molar-refractivity contribution is 0.0300. The first-order valence-electron chi connectivity index (χ1n) is 8.08. The van der Waals surface area contributed by atoms with Crippen LogP contribution in [0, 0.1) is 0 Å². The predicted octanol–water partition coefficient (Wildman–Crippen LogP) is 3.38. The highest BCUT2D eigenvalue weighted by Gasteiger charge is 2.22. The molecule has 0 saturated carbocycles. The topological polar surface area (TPSA) is 38.8 Å². The molecule has 1 fully saturated rings. The zero-order valence-corrected chi connectivity index (χ0v) is 13.6. The Kier molecular flexibility index (Phi) is 5.29. The van der Waals surface area contributed by atoms with E-state index in [0.717, 1.165) is 11.1 Å². The third-order valence-electron chi connectivity index (χ3n) is 4.01. The molecule has 4 heteroatoms. The number of carbonyl (C=O) groups excluding carboxylic acids is 1. The summed E-state index contributed by atoms with van der Waals surface area (Å²) < 4.78 is 11.3.